The number of nitriles is 1. The molecule has 1 aliphatic rings. The first kappa shape index (κ1) is 23.6. The number of hydrogen-bond acceptors (Lipinski definition) is 4. The van der Waals surface area contributed by atoms with Crippen molar-refractivity contribution in [2.75, 3.05) is 10.2 Å². The summed E-state index contributed by atoms with van der Waals surface area (Å²) in [6.07, 6.45) is 0.327. The summed E-state index contributed by atoms with van der Waals surface area (Å²) in [5.41, 5.74) is 2.66. The van der Waals surface area contributed by atoms with Crippen LogP contribution in [0.1, 0.15) is 11.1 Å². The predicted octanol–water partition coefficient (Wildman–Crippen LogP) is 5.85. The highest BCUT2D eigenvalue weighted by molar-refractivity contribution is 8.05. The molecule has 0 radical (unpaired) electrons. The van der Waals surface area contributed by atoms with Crippen LogP contribution in [0.3, 0.4) is 0 Å². The Morgan fingerprint density at radius 2 is 1.74 bits per heavy atom. The number of nitrogens with zero attached hydrogens (tertiary/aromatic N) is 2. The topological polar surface area (TPSA) is 73.2 Å². The molecule has 3 aromatic carbocycles. The van der Waals surface area contributed by atoms with Crippen molar-refractivity contribution >= 4 is 46.6 Å². The molecule has 1 atom stereocenters. The number of benzene rings is 3. The third kappa shape index (κ3) is 5.14. The summed E-state index contributed by atoms with van der Waals surface area (Å²) in [7, 11) is 0. The third-order valence-electron chi connectivity index (χ3n) is 5.23. The molecule has 1 saturated heterocycles. The van der Waals surface area contributed by atoms with Crippen molar-refractivity contribution in [2.45, 2.75) is 18.6 Å². The fraction of sp³-hybridized carbons (Fsp3) is 0.115. The van der Waals surface area contributed by atoms with E-state index in [4.69, 9.17) is 11.6 Å². The Balaban J connectivity index is 1.71. The minimum atomic E-state index is -0.625. The van der Waals surface area contributed by atoms with Crippen LogP contribution in [-0.4, -0.2) is 17.1 Å². The average molecular weight is 492 g/mol. The third-order valence-corrected chi connectivity index (χ3v) is 6.75. The van der Waals surface area contributed by atoms with Crippen molar-refractivity contribution in [3.8, 4) is 6.07 Å². The van der Waals surface area contributed by atoms with E-state index in [0.717, 1.165) is 22.9 Å². The standard InChI is InChI=1S/C26H19ClFN3O2S/c1-16-2-12-21(13-3-16)31-25(33)23(14-17-4-8-19(28)9-5-17)34-26(31)22(15-29)24(32)30-20-10-6-18(27)7-11-20/h2-13,23H,14H2,1H3,(H,30,32)/b26-22-/t23-/m0/s1. The molecular formula is C26H19ClFN3O2S. The molecule has 2 amide bonds. The van der Waals surface area contributed by atoms with Gasteiger partial charge in [-0.3, -0.25) is 14.5 Å². The number of thioether (sulfide) groups is 1. The lowest BCUT2D eigenvalue weighted by Gasteiger charge is -2.19. The Morgan fingerprint density at radius 3 is 2.35 bits per heavy atom. The van der Waals surface area contributed by atoms with Crippen LogP contribution >= 0.6 is 23.4 Å². The van der Waals surface area contributed by atoms with Crippen molar-refractivity contribution in [3.63, 3.8) is 0 Å². The van der Waals surface area contributed by atoms with Crippen LogP contribution in [0.4, 0.5) is 15.8 Å². The van der Waals surface area contributed by atoms with Crippen LogP contribution in [0, 0.1) is 24.1 Å². The first-order valence-corrected chi connectivity index (χ1v) is 11.6. The van der Waals surface area contributed by atoms with Crippen molar-refractivity contribution in [1.82, 2.24) is 0 Å². The lowest BCUT2D eigenvalue weighted by Crippen LogP contribution is -2.30. The molecule has 5 nitrogen and oxygen atoms in total. The highest BCUT2D eigenvalue weighted by Crippen LogP contribution is 2.42. The molecular weight excluding hydrogens is 473 g/mol. The van der Waals surface area contributed by atoms with Crippen LogP contribution in [0.15, 0.2) is 83.4 Å². The highest BCUT2D eigenvalue weighted by Gasteiger charge is 2.40. The maximum atomic E-state index is 13.5. The van der Waals surface area contributed by atoms with E-state index in [9.17, 15) is 19.2 Å². The molecule has 0 bridgehead atoms. The summed E-state index contributed by atoms with van der Waals surface area (Å²) in [5, 5.41) is 12.8. The SMILES string of the molecule is Cc1ccc(N2C(=O)[C@H](Cc3ccc(F)cc3)S/C2=C(/C#N)C(=O)Nc2ccc(Cl)cc2)cc1. The number of halogens is 2. The molecule has 170 valence electrons. The molecule has 1 aliphatic heterocycles. The second-order valence-electron chi connectivity index (χ2n) is 7.70. The largest absolute Gasteiger partial charge is 0.321 e. The molecule has 1 heterocycles. The zero-order chi connectivity index (χ0) is 24.2. The van der Waals surface area contributed by atoms with E-state index in [1.165, 1.54) is 17.0 Å². The Kier molecular flexibility index (Phi) is 7.01. The van der Waals surface area contributed by atoms with Crippen LogP contribution in [0.25, 0.3) is 0 Å². The van der Waals surface area contributed by atoms with Gasteiger partial charge < -0.3 is 5.32 Å². The first-order valence-electron chi connectivity index (χ1n) is 10.4. The van der Waals surface area contributed by atoms with Crippen molar-refractivity contribution < 1.29 is 14.0 Å². The Morgan fingerprint density at radius 1 is 1.09 bits per heavy atom. The maximum Gasteiger partial charge on any atom is 0.269 e. The summed E-state index contributed by atoms with van der Waals surface area (Å²) < 4.78 is 13.3. The van der Waals surface area contributed by atoms with Gasteiger partial charge in [0.25, 0.3) is 5.91 Å². The second kappa shape index (κ2) is 10.1. The lowest BCUT2D eigenvalue weighted by atomic mass is 10.1. The van der Waals surface area contributed by atoms with Crippen molar-refractivity contribution in [2.24, 2.45) is 0 Å². The summed E-state index contributed by atoms with van der Waals surface area (Å²) in [4.78, 5) is 27.9. The number of amides is 2. The number of aryl methyl sites for hydroxylation is 1. The normalized spacial score (nSPS) is 16.8. The molecule has 34 heavy (non-hydrogen) atoms. The first-order chi connectivity index (χ1) is 16.4. The molecule has 1 N–H and O–H groups in total. The average Bonchev–Trinajstić information content (AvgIpc) is 3.13. The molecule has 3 aromatic rings. The second-order valence-corrected chi connectivity index (χ2v) is 9.33. The van der Waals surface area contributed by atoms with Crippen molar-refractivity contribution in [1.29, 1.82) is 5.26 Å². The molecule has 0 aromatic heterocycles. The van der Waals surface area contributed by atoms with Crippen LogP contribution in [-0.2, 0) is 16.0 Å². The number of hydrogen-bond donors (Lipinski definition) is 1. The number of nitrogens with one attached hydrogen (secondary N) is 1. The molecule has 0 saturated carbocycles. The van der Waals surface area contributed by atoms with Gasteiger partial charge in [0.05, 0.1) is 5.25 Å². The van der Waals surface area contributed by atoms with Gasteiger partial charge in [-0.15, -0.1) is 0 Å². The number of anilines is 2. The lowest BCUT2D eigenvalue weighted by molar-refractivity contribution is -0.117. The van der Waals surface area contributed by atoms with Gasteiger partial charge in [0.1, 0.15) is 22.5 Å². The molecule has 0 unspecified atom stereocenters. The van der Waals surface area contributed by atoms with E-state index >= 15 is 0 Å². The summed E-state index contributed by atoms with van der Waals surface area (Å²) >= 11 is 7.06. The van der Waals surface area contributed by atoms with E-state index < -0.39 is 11.2 Å². The number of carbonyl (C=O) groups is 2. The fourth-order valence-electron chi connectivity index (χ4n) is 3.48. The van der Waals surface area contributed by atoms with Gasteiger partial charge in [0.2, 0.25) is 5.91 Å². The maximum absolute atomic E-state index is 13.5. The van der Waals surface area contributed by atoms with E-state index in [0.29, 0.717) is 22.8 Å². The number of carbonyl (C=O) groups excluding carboxylic acids is 2. The van der Waals surface area contributed by atoms with E-state index in [2.05, 4.69) is 5.32 Å². The van der Waals surface area contributed by atoms with Gasteiger partial charge in [-0.25, -0.2) is 4.39 Å². The predicted molar refractivity (Wildman–Crippen MR) is 133 cm³/mol. The zero-order valence-corrected chi connectivity index (χ0v) is 19.7. The van der Waals surface area contributed by atoms with Crippen LogP contribution in [0.2, 0.25) is 5.02 Å². The van der Waals surface area contributed by atoms with Gasteiger partial charge in [0, 0.05) is 16.4 Å². The Labute approximate surface area is 205 Å². The van der Waals surface area contributed by atoms with E-state index in [-0.39, 0.29) is 22.3 Å². The monoisotopic (exact) mass is 491 g/mol. The molecule has 1 fully saturated rings. The quantitative estimate of drug-likeness (QED) is 0.359. The van der Waals surface area contributed by atoms with E-state index in [1.807, 2.05) is 25.1 Å². The molecule has 8 heteroatoms. The molecule has 0 spiro atoms. The minimum absolute atomic E-state index is 0.171. The minimum Gasteiger partial charge on any atom is -0.321 e. The zero-order valence-electron chi connectivity index (χ0n) is 18.1. The Bertz CT molecular complexity index is 1300. The van der Waals surface area contributed by atoms with Gasteiger partial charge in [0.15, 0.2) is 0 Å². The van der Waals surface area contributed by atoms with Gasteiger partial charge in [-0.2, -0.15) is 5.26 Å². The van der Waals surface area contributed by atoms with Crippen molar-refractivity contribution in [3.05, 3.63) is 105 Å². The summed E-state index contributed by atoms with van der Waals surface area (Å²) in [6, 6.07) is 21.7. The van der Waals surface area contributed by atoms with Gasteiger partial charge in [-0.1, -0.05) is 53.2 Å². The fourth-order valence-corrected chi connectivity index (χ4v) is 4.91. The van der Waals surface area contributed by atoms with Gasteiger partial charge in [-0.05, 0) is 67.4 Å². The van der Waals surface area contributed by atoms with Gasteiger partial charge >= 0.3 is 0 Å². The number of rotatable bonds is 5. The van der Waals surface area contributed by atoms with Crippen LogP contribution < -0.4 is 10.2 Å². The summed E-state index contributed by atoms with van der Waals surface area (Å²) in [5.74, 6) is -1.23. The van der Waals surface area contributed by atoms with E-state index in [1.54, 1.807) is 48.5 Å². The molecule has 4 rings (SSSR count). The Hall–Kier alpha value is -3.60. The summed E-state index contributed by atoms with van der Waals surface area (Å²) in [6.45, 7) is 1.93. The smallest absolute Gasteiger partial charge is 0.269 e. The highest BCUT2D eigenvalue weighted by atomic mass is 35.5. The molecule has 0 aliphatic carbocycles. The van der Waals surface area contributed by atoms with Crippen LogP contribution in [0.5, 0.6) is 0 Å².